The Labute approximate surface area is 143 Å². The molecule has 3 N–H and O–H groups in total. The summed E-state index contributed by atoms with van der Waals surface area (Å²) in [6, 6.07) is 22.9. The highest BCUT2D eigenvalue weighted by Gasteiger charge is 2.00. The summed E-state index contributed by atoms with van der Waals surface area (Å²) in [5, 5.41) is 3.47. The number of aryl methyl sites for hydroxylation is 1. The molecule has 0 saturated heterocycles. The van der Waals surface area contributed by atoms with Crippen LogP contribution in [0.3, 0.4) is 0 Å². The van der Waals surface area contributed by atoms with E-state index in [2.05, 4.69) is 67.4 Å². The third-order valence-corrected chi connectivity index (χ3v) is 4.16. The van der Waals surface area contributed by atoms with Gasteiger partial charge in [0.1, 0.15) is 0 Å². The van der Waals surface area contributed by atoms with Gasteiger partial charge in [-0.25, -0.2) is 0 Å². The molecular formula is C22H22N2. The maximum atomic E-state index is 5.85. The Morgan fingerprint density at radius 2 is 1.75 bits per heavy atom. The van der Waals surface area contributed by atoms with Crippen molar-refractivity contribution in [2.75, 3.05) is 11.1 Å². The minimum absolute atomic E-state index is 0.789. The third kappa shape index (κ3) is 3.66. The molecule has 2 nitrogen and oxygen atoms in total. The molecule has 0 aliphatic heterocycles. The van der Waals surface area contributed by atoms with E-state index in [1.807, 2.05) is 24.3 Å². The zero-order valence-corrected chi connectivity index (χ0v) is 13.9. The molecule has 24 heavy (non-hydrogen) atoms. The monoisotopic (exact) mass is 314 g/mol. The number of benzene rings is 3. The van der Waals surface area contributed by atoms with E-state index in [-0.39, 0.29) is 0 Å². The Bertz CT molecular complexity index is 848. The van der Waals surface area contributed by atoms with Gasteiger partial charge in [0, 0.05) is 17.9 Å². The zero-order chi connectivity index (χ0) is 16.9. The first-order chi connectivity index (χ1) is 11.7. The van der Waals surface area contributed by atoms with Gasteiger partial charge in [-0.15, -0.1) is 0 Å². The van der Waals surface area contributed by atoms with Crippen LogP contribution in [-0.4, -0.2) is 0 Å². The van der Waals surface area contributed by atoms with Crippen LogP contribution in [0.4, 0.5) is 11.4 Å². The summed E-state index contributed by atoms with van der Waals surface area (Å²) in [5.41, 5.74) is 13.7. The lowest BCUT2D eigenvalue weighted by Crippen LogP contribution is -1.99. The van der Waals surface area contributed by atoms with Gasteiger partial charge in [0.15, 0.2) is 0 Å². The van der Waals surface area contributed by atoms with Crippen LogP contribution < -0.4 is 11.1 Å². The predicted molar refractivity (Wildman–Crippen MR) is 105 cm³/mol. The fraction of sp³-hybridized carbons (Fsp3) is 0.0909. The highest BCUT2D eigenvalue weighted by Crippen LogP contribution is 2.22. The summed E-state index contributed by atoms with van der Waals surface area (Å²) in [6.07, 6.45) is 1.88. The lowest BCUT2D eigenvalue weighted by molar-refractivity contribution is 1.15. The van der Waals surface area contributed by atoms with Crippen molar-refractivity contribution in [3.05, 3.63) is 90.0 Å². The Kier molecular flexibility index (Phi) is 4.66. The summed E-state index contributed by atoms with van der Waals surface area (Å²) in [4.78, 5) is 0. The van der Waals surface area contributed by atoms with Gasteiger partial charge < -0.3 is 11.1 Å². The summed E-state index contributed by atoms with van der Waals surface area (Å²) < 4.78 is 0. The number of anilines is 2. The molecule has 0 heterocycles. The molecule has 2 heteroatoms. The van der Waals surface area contributed by atoms with Crippen LogP contribution in [0.2, 0.25) is 0 Å². The van der Waals surface area contributed by atoms with Gasteiger partial charge in [0.25, 0.3) is 0 Å². The highest BCUT2D eigenvalue weighted by atomic mass is 14.9. The van der Waals surface area contributed by atoms with Crippen molar-refractivity contribution in [2.45, 2.75) is 13.5 Å². The molecule has 3 rings (SSSR count). The van der Waals surface area contributed by atoms with E-state index >= 15 is 0 Å². The Morgan fingerprint density at radius 1 is 0.958 bits per heavy atom. The zero-order valence-electron chi connectivity index (χ0n) is 13.9. The van der Waals surface area contributed by atoms with E-state index in [1.54, 1.807) is 0 Å². The van der Waals surface area contributed by atoms with Gasteiger partial charge in [-0.2, -0.15) is 0 Å². The van der Waals surface area contributed by atoms with Crippen molar-refractivity contribution >= 4 is 17.5 Å². The largest absolute Gasteiger partial charge is 0.399 e. The molecule has 0 amide bonds. The van der Waals surface area contributed by atoms with Gasteiger partial charge in [-0.3, -0.25) is 0 Å². The van der Waals surface area contributed by atoms with Gasteiger partial charge >= 0.3 is 0 Å². The molecule has 0 aliphatic carbocycles. The van der Waals surface area contributed by atoms with E-state index in [9.17, 15) is 0 Å². The summed E-state index contributed by atoms with van der Waals surface area (Å²) >= 11 is 0. The number of nitrogen functional groups attached to an aromatic ring is 1. The average molecular weight is 314 g/mol. The van der Waals surface area contributed by atoms with Crippen molar-refractivity contribution < 1.29 is 0 Å². The second-order valence-electron chi connectivity index (χ2n) is 5.95. The van der Waals surface area contributed by atoms with Crippen molar-refractivity contribution in [1.29, 1.82) is 0 Å². The van der Waals surface area contributed by atoms with Crippen LogP contribution in [0.5, 0.6) is 0 Å². The molecular weight excluding hydrogens is 292 g/mol. The minimum atomic E-state index is 0.789. The van der Waals surface area contributed by atoms with E-state index in [0.29, 0.717) is 0 Å². The molecule has 0 aliphatic rings. The molecule has 0 fully saturated rings. The third-order valence-electron chi connectivity index (χ3n) is 4.16. The predicted octanol–water partition coefficient (Wildman–Crippen LogP) is 5.50. The first-order valence-corrected chi connectivity index (χ1v) is 8.07. The van der Waals surface area contributed by atoms with Crippen LogP contribution in [0.15, 0.2) is 73.3 Å². The maximum Gasteiger partial charge on any atom is 0.0400 e. The van der Waals surface area contributed by atoms with Crippen LogP contribution in [-0.2, 0) is 6.54 Å². The topological polar surface area (TPSA) is 38.0 Å². The van der Waals surface area contributed by atoms with Gasteiger partial charge in [0.05, 0.1) is 0 Å². The summed E-state index contributed by atoms with van der Waals surface area (Å²) in [5.74, 6) is 0. The number of nitrogens with two attached hydrogens (primary N) is 1. The molecule has 0 spiro atoms. The average Bonchev–Trinajstić information content (AvgIpc) is 2.60. The quantitative estimate of drug-likeness (QED) is 0.610. The Balaban J connectivity index is 1.68. The van der Waals surface area contributed by atoms with Crippen molar-refractivity contribution in [1.82, 2.24) is 0 Å². The van der Waals surface area contributed by atoms with Crippen LogP contribution in [0, 0.1) is 6.92 Å². The van der Waals surface area contributed by atoms with Crippen LogP contribution >= 0.6 is 0 Å². The standard InChI is InChI=1S/C22H22N2/c1-3-18-11-12-22(13-16(18)2)24-15-17-7-9-19(10-8-17)20-5-4-6-21(23)14-20/h3-14,24H,1,15,23H2,2H3. The number of hydrogen-bond acceptors (Lipinski definition) is 2. The fourth-order valence-corrected chi connectivity index (χ4v) is 2.75. The molecule has 3 aromatic rings. The van der Waals surface area contributed by atoms with E-state index in [4.69, 9.17) is 5.73 Å². The van der Waals surface area contributed by atoms with E-state index < -0.39 is 0 Å². The number of rotatable bonds is 5. The fourth-order valence-electron chi connectivity index (χ4n) is 2.75. The number of nitrogens with one attached hydrogen (secondary N) is 1. The molecule has 3 aromatic carbocycles. The number of hydrogen-bond donors (Lipinski definition) is 2. The van der Waals surface area contributed by atoms with E-state index in [1.165, 1.54) is 22.3 Å². The lowest BCUT2D eigenvalue weighted by Gasteiger charge is -2.10. The smallest absolute Gasteiger partial charge is 0.0400 e. The molecule has 0 saturated carbocycles. The van der Waals surface area contributed by atoms with Crippen LogP contribution in [0.25, 0.3) is 17.2 Å². The van der Waals surface area contributed by atoms with Crippen LogP contribution in [0.1, 0.15) is 16.7 Å². The second kappa shape index (κ2) is 7.05. The Hall–Kier alpha value is -3.00. The first kappa shape index (κ1) is 15.9. The van der Waals surface area contributed by atoms with Gasteiger partial charge in [-0.1, -0.05) is 55.1 Å². The van der Waals surface area contributed by atoms with E-state index in [0.717, 1.165) is 23.5 Å². The van der Waals surface area contributed by atoms with Gasteiger partial charge in [-0.05, 0) is 59.0 Å². The normalized spacial score (nSPS) is 10.4. The molecule has 0 atom stereocenters. The lowest BCUT2D eigenvalue weighted by atomic mass is 10.0. The minimum Gasteiger partial charge on any atom is -0.399 e. The summed E-state index contributed by atoms with van der Waals surface area (Å²) in [7, 11) is 0. The Morgan fingerprint density at radius 3 is 2.42 bits per heavy atom. The highest BCUT2D eigenvalue weighted by molar-refractivity contribution is 5.67. The first-order valence-electron chi connectivity index (χ1n) is 8.07. The summed E-state index contributed by atoms with van der Waals surface area (Å²) in [6.45, 7) is 6.72. The second-order valence-corrected chi connectivity index (χ2v) is 5.95. The molecule has 0 unspecified atom stereocenters. The van der Waals surface area contributed by atoms with Crippen molar-refractivity contribution in [2.24, 2.45) is 0 Å². The molecule has 0 radical (unpaired) electrons. The maximum absolute atomic E-state index is 5.85. The van der Waals surface area contributed by atoms with Crippen molar-refractivity contribution in [3.8, 4) is 11.1 Å². The SMILES string of the molecule is C=Cc1ccc(NCc2ccc(-c3cccc(N)c3)cc2)cc1C. The molecule has 120 valence electrons. The van der Waals surface area contributed by atoms with Gasteiger partial charge in [0.2, 0.25) is 0 Å². The molecule has 0 bridgehead atoms. The molecule has 0 aromatic heterocycles. The van der Waals surface area contributed by atoms with Crippen molar-refractivity contribution in [3.63, 3.8) is 0 Å².